The number of esters is 1. The molecule has 37 heavy (non-hydrogen) atoms. The highest BCUT2D eigenvalue weighted by molar-refractivity contribution is 7.71. The molecule has 1 aliphatic heterocycles. The van der Waals surface area contributed by atoms with Gasteiger partial charge in [-0.3, -0.25) is 18.9 Å². The second kappa shape index (κ2) is 12.2. The maximum absolute atomic E-state index is 13.8. The van der Waals surface area contributed by atoms with Crippen LogP contribution in [0.15, 0.2) is 41.3 Å². The second-order valence-corrected chi connectivity index (χ2v) is 11.5. The molecule has 0 radical (unpaired) electrons. The second-order valence-electron chi connectivity index (χ2n) is 9.03. The van der Waals surface area contributed by atoms with Crippen molar-refractivity contribution in [2.24, 2.45) is 5.92 Å². The van der Waals surface area contributed by atoms with Crippen LogP contribution in [0.4, 0.5) is 0 Å². The lowest BCUT2D eigenvalue weighted by atomic mass is 10.1. The van der Waals surface area contributed by atoms with E-state index >= 15 is 0 Å². The third-order valence-electron chi connectivity index (χ3n) is 5.58. The lowest BCUT2D eigenvalue weighted by Crippen LogP contribution is -2.34. The van der Waals surface area contributed by atoms with Crippen LogP contribution in [0.5, 0.6) is 5.75 Å². The van der Waals surface area contributed by atoms with Crippen molar-refractivity contribution in [3.05, 3.63) is 68.6 Å². The number of H-pyrrole nitrogens is 1. The minimum atomic E-state index is -3.98. The average Bonchev–Trinajstić information content (AvgIpc) is 3.15. The lowest BCUT2D eigenvalue weighted by Gasteiger charge is -2.24. The first kappa shape index (κ1) is 28.8. The largest absolute Gasteiger partial charge is 0.463 e. The minimum absolute atomic E-state index is 0.253. The van der Waals surface area contributed by atoms with E-state index in [-0.39, 0.29) is 22.7 Å². The number of hydrogen-bond donors (Lipinski definition) is 2. The molecule has 1 aromatic heterocycles. The maximum Gasteiger partial charge on any atom is 0.380 e. The van der Waals surface area contributed by atoms with Gasteiger partial charge in [0.2, 0.25) is 6.23 Å². The summed E-state index contributed by atoms with van der Waals surface area (Å²) in [6.07, 6.45) is -2.79. The van der Waals surface area contributed by atoms with Crippen molar-refractivity contribution >= 4 is 25.8 Å². The molecule has 1 aliphatic rings. The number of benzene rings is 1. The summed E-state index contributed by atoms with van der Waals surface area (Å²) in [5.41, 5.74) is -0.0160. The van der Waals surface area contributed by atoms with Crippen LogP contribution in [0, 0.1) is 24.1 Å². The summed E-state index contributed by atoms with van der Waals surface area (Å²) in [7, 11) is -3.98. The highest BCUT2D eigenvalue weighted by atomic mass is 32.1. The summed E-state index contributed by atoms with van der Waals surface area (Å²) in [4.78, 5) is 30.8. The molecule has 2 heterocycles. The predicted molar refractivity (Wildman–Crippen MR) is 137 cm³/mol. The first-order valence-corrected chi connectivity index (χ1v) is 13.8. The summed E-state index contributed by atoms with van der Waals surface area (Å²) in [6, 6.07) is 7.18. The molecule has 2 N–H and O–H groups in total. The maximum atomic E-state index is 13.8. The normalized spacial score (nSPS) is 23.7. The van der Waals surface area contributed by atoms with Crippen molar-refractivity contribution in [1.29, 1.82) is 0 Å². The van der Waals surface area contributed by atoms with Gasteiger partial charge in [-0.1, -0.05) is 37.3 Å². The molecule has 1 aromatic carbocycles. The van der Waals surface area contributed by atoms with Crippen molar-refractivity contribution < 1.29 is 33.0 Å². The Labute approximate surface area is 219 Å². The van der Waals surface area contributed by atoms with Crippen molar-refractivity contribution in [3.8, 4) is 5.75 Å². The van der Waals surface area contributed by atoms with Crippen LogP contribution < -0.4 is 10.2 Å². The third-order valence-corrected chi connectivity index (χ3v) is 8.03. The van der Waals surface area contributed by atoms with Gasteiger partial charge in [-0.2, -0.15) is 0 Å². The Balaban J connectivity index is 1.81. The van der Waals surface area contributed by atoms with Crippen molar-refractivity contribution in [2.75, 3.05) is 12.8 Å². The van der Waals surface area contributed by atoms with E-state index in [1.165, 1.54) is 6.20 Å². The molecule has 6 atom stereocenters. The Bertz CT molecular complexity index is 1310. The van der Waals surface area contributed by atoms with Gasteiger partial charge in [0.05, 0.1) is 24.8 Å². The van der Waals surface area contributed by atoms with E-state index in [1.807, 2.05) is 0 Å². The molecule has 0 amide bonds. The average molecular weight is 552 g/mol. The zero-order valence-corrected chi connectivity index (χ0v) is 22.6. The molecule has 0 aliphatic carbocycles. The zero-order chi connectivity index (χ0) is 27.3. The number of ether oxygens (including phenoxy) is 2. The number of carbonyl (C=O) groups is 1. The van der Waals surface area contributed by atoms with Crippen LogP contribution in [0.1, 0.15) is 32.6 Å². The summed E-state index contributed by atoms with van der Waals surface area (Å²) < 4.78 is 37.6. The fourth-order valence-electron chi connectivity index (χ4n) is 3.72. The number of nitrogens with zero attached hydrogens (tertiary/aromatic N) is 2. The van der Waals surface area contributed by atoms with Gasteiger partial charge in [-0.25, -0.2) is 15.9 Å². The molecular weight excluding hydrogens is 521 g/mol. The van der Waals surface area contributed by atoms with E-state index in [0.29, 0.717) is 5.56 Å². The third kappa shape index (κ3) is 7.15. The molecule has 1 unspecified atom stereocenters. The molecule has 0 saturated carbocycles. The van der Waals surface area contributed by atoms with Crippen molar-refractivity contribution in [1.82, 2.24) is 9.55 Å². The number of aromatic nitrogens is 2. The number of rotatable bonds is 10. The van der Waals surface area contributed by atoms with Gasteiger partial charge < -0.3 is 23.9 Å². The number of para-hydroxylation sites is 1. The Morgan fingerprint density at radius 1 is 1.32 bits per heavy atom. The Morgan fingerprint density at radius 2 is 2.00 bits per heavy atom. The molecule has 3 rings (SSSR count). The monoisotopic (exact) mass is 551 g/mol. The van der Waals surface area contributed by atoms with E-state index in [2.05, 4.69) is 9.83 Å². The molecule has 13 heteroatoms. The fraction of sp³-hybridized carbons (Fsp3) is 0.500. The fourth-order valence-corrected chi connectivity index (χ4v) is 5.73. The summed E-state index contributed by atoms with van der Waals surface area (Å²) in [6.45, 7) is 13.8. The highest BCUT2D eigenvalue weighted by Crippen LogP contribution is 2.50. The molecule has 1 saturated heterocycles. The van der Waals surface area contributed by atoms with Gasteiger partial charge in [0.25, 0.3) is 6.04 Å². The van der Waals surface area contributed by atoms with Crippen LogP contribution in [-0.2, 0) is 23.4 Å². The molecule has 1 fully saturated rings. The first-order chi connectivity index (χ1) is 17.4. The predicted octanol–water partition coefficient (Wildman–Crippen LogP) is 3.64. The number of aliphatic hydroxyl groups is 1. The van der Waals surface area contributed by atoms with Crippen molar-refractivity contribution in [2.45, 2.75) is 58.3 Å². The van der Waals surface area contributed by atoms with Crippen LogP contribution >= 0.6 is 19.8 Å². The quantitative estimate of drug-likeness (QED) is 0.196. The SMILES string of the molecule is [C-]#[N+][C@@H]1C(O)[C@H](CO[P@](=O)(C[C@@H](C)C(=O)OC(C)C)Oc2ccccc2)O[C@@H]1n1cc(C)c(=S)[nH]c1=O. The molecular formula is C24H30N3O8PS. The standard InChI is InChI=1S/C24H30N3O8PS/c1-14(2)33-23(29)16(4)13-36(31,35-17-9-7-6-8-10-17)32-12-18-20(28)19(25-5)22(34-18)27-11-15(3)21(37)26-24(27)30/h6-11,14,16,18-20,22,28H,12-13H2,1-4H3,(H,26,30,37)/t16-,18+,19-,20?,22+,36-/m1/s1. The topological polar surface area (TPSA) is 133 Å². The smallest absolute Gasteiger partial charge is 0.380 e. The van der Waals surface area contributed by atoms with Gasteiger partial charge >= 0.3 is 19.3 Å². The Hall–Kier alpha value is -2.81. The van der Waals surface area contributed by atoms with Gasteiger partial charge in [-0.05, 0) is 32.9 Å². The van der Waals surface area contributed by atoms with Gasteiger partial charge in [0.1, 0.15) is 16.5 Å². The number of nitrogens with one attached hydrogen (secondary N) is 1. The van der Waals surface area contributed by atoms with Gasteiger partial charge in [0.15, 0.2) is 6.10 Å². The molecule has 0 bridgehead atoms. The minimum Gasteiger partial charge on any atom is -0.463 e. The lowest BCUT2D eigenvalue weighted by molar-refractivity contribution is -0.151. The van der Waals surface area contributed by atoms with Crippen LogP contribution in [0.2, 0.25) is 0 Å². The summed E-state index contributed by atoms with van der Waals surface area (Å²) >= 11 is 5.07. The Morgan fingerprint density at radius 3 is 2.62 bits per heavy atom. The number of aryl methyl sites for hydroxylation is 1. The summed E-state index contributed by atoms with van der Waals surface area (Å²) in [5.74, 6) is -1.11. The van der Waals surface area contributed by atoms with Gasteiger partial charge in [-0.15, -0.1) is 0 Å². The number of aliphatic hydroxyl groups excluding tert-OH is 1. The summed E-state index contributed by atoms with van der Waals surface area (Å²) in [5, 5.41) is 10.8. The first-order valence-electron chi connectivity index (χ1n) is 11.6. The van der Waals surface area contributed by atoms with E-state index < -0.39 is 56.3 Å². The molecule has 200 valence electrons. The number of carbonyl (C=O) groups excluding carboxylic acids is 1. The molecule has 0 spiro atoms. The van der Waals surface area contributed by atoms with E-state index in [9.17, 15) is 19.3 Å². The Kier molecular flexibility index (Phi) is 9.45. The van der Waals surface area contributed by atoms with E-state index in [0.717, 1.165) is 4.57 Å². The molecule has 11 nitrogen and oxygen atoms in total. The zero-order valence-electron chi connectivity index (χ0n) is 20.9. The van der Waals surface area contributed by atoms with Crippen LogP contribution in [0.3, 0.4) is 0 Å². The van der Waals surface area contributed by atoms with Crippen LogP contribution in [-0.4, -0.2) is 57.7 Å². The van der Waals surface area contributed by atoms with E-state index in [4.69, 9.17) is 37.3 Å². The highest BCUT2D eigenvalue weighted by Gasteiger charge is 2.51. The van der Waals surface area contributed by atoms with Gasteiger partial charge in [0, 0.05) is 11.8 Å². The molecule has 2 aromatic rings. The van der Waals surface area contributed by atoms with Crippen LogP contribution in [0.25, 0.3) is 4.85 Å². The number of hydrogen-bond acceptors (Lipinski definition) is 9. The number of aromatic amines is 1. The van der Waals surface area contributed by atoms with Crippen molar-refractivity contribution in [3.63, 3.8) is 0 Å². The van der Waals surface area contributed by atoms with E-state index in [1.54, 1.807) is 58.0 Å².